The van der Waals surface area contributed by atoms with E-state index in [9.17, 15) is 0 Å². The lowest BCUT2D eigenvalue weighted by Crippen LogP contribution is -2.29. The second-order valence-corrected chi connectivity index (χ2v) is 6.18. The second-order valence-electron chi connectivity index (χ2n) is 6.18. The van der Waals surface area contributed by atoms with E-state index in [0.717, 1.165) is 34.6 Å². The molecule has 0 bridgehead atoms. The van der Waals surface area contributed by atoms with Gasteiger partial charge in [0, 0.05) is 41.2 Å². The van der Waals surface area contributed by atoms with Crippen LogP contribution in [-0.2, 0) is 6.61 Å². The summed E-state index contributed by atoms with van der Waals surface area (Å²) in [7, 11) is 0. The third kappa shape index (κ3) is 3.22. The predicted molar refractivity (Wildman–Crippen MR) is 86.9 cm³/mol. The monoisotopic (exact) mass is 298 g/mol. The molecule has 0 spiro atoms. The van der Waals surface area contributed by atoms with Crippen LogP contribution in [0.5, 0.6) is 11.5 Å². The number of nitrogens with two attached hydrogens (primary N) is 1. The van der Waals surface area contributed by atoms with E-state index in [2.05, 4.69) is 18.8 Å². The molecule has 2 heterocycles. The summed E-state index contributed by atoms with van der Waals surface area (Å²) in [6.45, 7) is 5.42. The first-order chi connectivity index (χ1) is 10.6. The Labute approximate surface area is 131 Å². The molecule has 1 aromatic heterocycles. The minimum atomic E-state index is 0.0573. The molecule has 4 heteroatoms. The van der Waals surface area contributed by atoms with Gasteiger partial charge in [0.05, 0.1) is 0 Å². The number of pyridine rings is 1. The average Bonchev–Trinajstić information content (AvgIpc) is 2.52. The van der Waals surface area contributed by atoms with Crippen LogP contribution in [0.3, 0.4) is 0 Å². The predicted octanol–water partition coefficient (Wildman–Crippen LogP) is 3.39. The van der Waals surface area contributed by atoms with Gasteiger partial charge in [-0.25, -0.2) is 0 Å². The van der Waals surface area contributed by atoms with Gasteiger partial charge < -0.3 is 15.2 Å². The Morgan fingerprint density at radius 3 is 2.95 bits per heavy atom. The van der Waals surface area contributed by atoms with Crippen LogP contribution in [0.4, 0.5) is 0 Å². The van der Waals surface area contributed by atoms with Gasteiger partial charge in [-0.3, -0.25) is 4.98 Å². The summed E-state index contributed by atoms with van der Waals surface area (Å²) in [5.74, 6) is 2.22. The Balaban J connectivity index is 1.73. The zero-order valence-corrected chi connectivity index (χ0v) is 13.1. The van der Waals surface area contributed by atoms with E-state index >= 15 is 0 Å². The number of fused-ring (bicyclic) bond motifs is 3. The van der Waals surface area contributed by atoms with Gasteiger partial charge in [0.1, 0.15) is 24.7 Å². The highest BCUT2D eigenvalue weighted by atomic mass is 16.5. The quantitative estimate of drug-likeness (QED) is 0.919. The van der Waals surface area contributed by atoms with Crippen molar-refractivity contribution in [2.45, 2.75) is 32.9 Å². The Kier molecular flexibility index (Phi) is 4.29. The highest BCUT2D eigenvalue weighted by molar-refractivity contribution is 5.75. The molecule has 0 fully saturated rings. The van der Waals surface area contributed by atoms with Crippen molar-refractivity contribution in [2.75, 3.05) is 6.61 Å². The van der Waals surface area contributed by atoms with E-state index in [1.165, 1.54) is 0 Å². The molecule has 4 nitrogen and oxygen atoms in total. The van der Waals surface area contributed by atoms with E-state index in [0.29, 0.717) is 19.1 Å². The summed E-state index contributed by atoms with van der Waals surface area (Å²) >= 11 is 0. The van der Waals surface area contributed by atoms with Gasteiger partial charge in [0.25, 0.3) is 0 Å². The van der Waals surface area contributed by atoms with Gasteiger partial charge in [0.2, 0.25) is 0 Å². The van der Waals surface area contributed by atoms with E-state index in [1.54, 1.807) is 6.20 Å². The van der Waals surface area contributed by atoms with Crippen molar-refractivity contribution >= 4 is 0 Å². The number of aromatic nitrogens is 1. The van der Waals surface area contributed by atoms with Gasteiger partial charge in [-0.05, 0) is 30.5 Å². The molecule has 0 saturated heterocycles. The molecule has 0 radical (unpaired) electrons. The molecule has 0 amide bonds. The standard InChI is InChI=1S/C18H22N2O2/c1-12(2)7-14(19)11-21-15-3-4-16-17-9-20-6-5-13(17)10-22-18(16)8-15/h3-6,8-9,12,14H,7,10-11,19H2,1-2H3. The van der Waals surface area contributed by atoms with E-state index < -0.39 is 0 Å². The molecule has 0 saturated carbocycles. The fourth-order valence-electron chi connectivity index (χ4n) is 2.76. The molecular formula is C18H22N2O2. The summed E-state index contributed by atoms with van der Waals surface area (Å²) in [6.07, 6.45) is 4.64. The molecule has 1 aromatic carbocycles. The second kappa shape index (κ2) is 6.36. The molecule has 0 aliphatic carbocycles. The van der Waals surface area contributed by atoms with Gasteiger partial charge in [0.15, 0.2) is 0 Å². The molecule has 116 valence electrons. The van der Waals surface area contributed by atoms with Crippen molar-refractivity contribution in [2.24, 2.45) is 11.7 Å². The first-order valence-electron chi connectivity index (χ1n) is 7.72. The maximum absolute atomic E-state index is 6.06. The minimum absolute atomic E-state index is 0.0573. The zero-order chi connectivity index (χ0) is 15.5. The zero-order valence-electron chi connectivity index (χ0n) is 13.1. The van der Waals surface area contributed by atoms with Crippen molar-refractivity contribution in [3.8, 4) is 22.6 Å². The molecule has 2 aromatic rings. The van der Waals surface area contributed by atoms with E-state index in [4.69, 9.17) is 15.2 Å². The Hall–Kier alpha value is -2.07. The van der Waals surface area contributed by atoms with Crippen molar-refractivity contribution < 1.29 is 9.47 Å². The minimum Gasteiger partial charge on any atom is -0.492 e. The molecule has 1 aliphatic rings. The number of hydrogen-bond acceptors (Lipinski definition) is 4. The normalized spacial score (nSPS) is 14.0. The first kappa shape index (κ1) is 14.9. The highest BCUT2D eigenvalue weighted by Crippen LogP contribution is 2.38. The Morgan fingerprint density at radius 2 is 2.14 bits per heavy atom. The van der Waals surface area contributed by atoms with Crippen LogP contribution in [0.1, 0.15) is 25.8 Å². The summed E-state index contributed by atoms with van der Waals surface area (Å²) in [6, 6.07) is 7.98. The average molecular weight is 298 g/mol. The third-order valence-corrected chi connectivity index (χ3v) is 3.78. The van der Waals surface area contributed by atoms with Crippen LogP contribution >= 0.6 is 0 Å². The van der Waals surface area contributed by atoms with Gasteiger partial charge in [-0.1, -0.05) is 13.8 Å². The van der Waals surface area contributed by atoms with Crippen LogP contribution < -0.4 is 15.2 Å². The van der Waals surface area contributed by atoms with Crippen LogP contribution in [0, 0.1) is 5.92 Å². The molecule has 3 rings (SSSR count). The molecule has 2 N–H and O–H groups in total. The lowest BCUT2D eigenvalue weighted by Gasteiger charge is -2.21. The Morgan fingerprint density at radius 1 is 1.27 bits per heavy atom. The third-order valence-electron chi connectivity index (χ3n) is 3.78. The molecule has 22 heavy (non-hydrogen) atoms. The van der Waals surface area contributed by atoms with Gasteiger partial charge in [-0.2, -0.15) is 0 Å². The number of nitrogens with zero attached hydrogens (tertiary/aromatic N) is 1. The largest absolute Gasteiger partial charge is 0.492 e. The van der Waals surface area contributed by atoms with Crippen molar-refractivity contribution in [1.82, 2.24) is 4.98 Å². The number of benzene rings is 1. The maximum atomic E-state index is 6.06. The number of rotatable bonds is 5. The summed E-state index contributed by atoms with van der Waals surface area (Å²) < 4.78 is 11.6. The summed E-state index contributed by atoms with van der Waals surface area (Å²) in [5, 5.41) is 0. The molecular weight excluding hydrogens is 276 g/mol. The number of ether oxygens (including phenoxy) is 2. The van der Waals surface area contributed by atoms with Crippen LogP contribution in [-0.4, -0.2) is 17.6 Å². The van der Waals surface area contributed by atoms with Crippen LogP contribution in [0.25, 0.3) is 11.1 Å². The lowest BCUT2D eigenvalue weighted by atomic mass is 9.99. The Bertz CT molecular complexity index is 655. The van der Waals surface area contributed by atoms with Crippen molar-refractivity contribution in [3.05, 3.63) is 42.2 Å². The molecule has 1 atom stereocenters. The summed E-state index contributed by atoms with van der Waals surface area (Å²) in [5.41, 5.74) is 9.42. The molecule has 1 aliphatic heterocycles. The SMILES string of the molecule is CC(C)CC(N)COc1ccc2c(c1)OCc1ccncc1-2. The van der Waals surface area contributed by atoms with Gasteiger partial charge >= 0.3 is 0 Å². The number of hydrogen-bond donors (Lipinski definition) is 1. The topological polar surface area (TPSA) is 57.4 Å². The lowest BCUT2D eigenvalue weighted by molar-refractivity contribution is 0.265. The van der Waals surface area contributed by atoms with Crippen LogP contribution in [0.15, 0.2) is 36.7 Å². The van der Waals surface area contributed by atoms with Crippen LogP contribution in [0.2, 0.25) is 0 Å². The fourth-order valence-corrected chi connectivity index (χ4v) is 2.76. The maximum Gasteiger partial charge on any atom is 0.131 e. The van der Waals surface area contributed by atoms with Crippen molar-refractivity contribution in [3.63, 3.8) is 0 Å². The van der Waals surface area contributed by atoms with E-state index in [1.807, 2.05) is 30.5 Å². The van der Waals surface area contributed by atoms with Gasteiger partial charge in [-0.15, -0.1) is 0 Å². The first-order valence-corrected chi connectivity index (χ1v) is 7.72. The fraction of sp³-hybridized carbons (Fsp3) is 0.389. The summed E-state index contributed by atoms with van der Waals surface area (Å²) in [4.78, 5) is 4.20. The smallest absolute Gasteiger partial charge is 0.131 e. The van der Waals surface area contributed by atoms with E-state index in [-0.39, 0.29) is 6.04 Å². The molecule has 1 unspecified atom stereocenters. The highest BCUT2D eigenvalue weighted by Gasteiger charge is 2.18. The van der Waals surface area contributed by atoms with Crippen molar-refractivity contribution in [1.29, 1.82) is 0 Å².